The minimum absolute atomic E-state index is 0.186. The number of nitrogens with zero attached hydrogens (tertiary/aromatic N) is 3. The Bertz CT molecular complexity index is 1080. The number of hydrogen-bond donors (Lipinski definition) is 2. The number of nitrogens with one attached hydrogen (secondary N) is 1. The third kappa shape index (κ3) is 5.04. The number of anilines is 1. The van der Waals surface area contributed by atoms with Crippen LogP contribution in [0.5, 0.6) is 0 Å². The fraction of sp³-hybridized carbons (Fsp3) is 0.522. The molecule has 2 heterocycles. The maximum Gasteiger partial charge on any atom is 0.435 e. The predicted octanol–water partition coefficient (Wildman–Crippen LogP) is 6.24. The molecule has 1 fully saturated rings. The Morgan fingerprint density at radius 3 is 2.41 bits per heavy atom. The standard InChI is InChI=1S/C23H27F3N4OS/c1-13-4-6-14(7-5-13)21-28-18-10-16(22(2,3)31)17(11-19(18)32-21)27-12-15-8-9-20(30-29-15)23(24,25)26/h8-11,13-14,27,31H,4-7,12H2,1-3H3. The van der Waals surface area contributed by atoms with Crippen molar-refractivity contribution in [3.05, 3.63) is 46.2 Å². The van der Waals surface area contributed by atoms with Gasteiger partial charge in [-0.3, -0.25) is 0 Å². The minimum Gasteiger partial charge on any atom is -0.386 e. The van der Waals surface area contributed by atoms with Crippen LogP contribution in [-0.2, 0) is 18.3 Å². The van der Waals surface area contributed by atoms with E-state index in [9.17, 15) is 18.3 Å². The Kier molecular flexibility index (Phi) is 6.15. The SMILES string of the molecule is CC1CCC(c2nc3cc(C(C)(C)O)c(NCc4ccc(C(F)(F)F)nn4)cc3s2)CC1. The number of benzene rings is 1. The molecule has 0 spiro atoms. The zero-order valence-corrected chi connectivity index (χ0v) is 19.1. The van der Waals surface area contributed by atoms with Crippen LogP contribution in [0.4, 0.5) is 18.9 Å². The molecule has 3 aromatic rings. The van der Waals surface area contributed by atoms with Crippen LogP contribution in [0, 0.1) is 5.92 Å². The smallest absolute Gasteiger partial charge is 0.386 e. The third-order valence-corrected chi connectivity index (χ3v) is 7.22. The van der Waals surface area contributed by atoms with Gasteiger partial charge >= 0.3 is 6.18 Å². The van der Waals surface area contributed by atoms with Crippen molar-refractivity contribution in [2.24, 2.45) is 5.92 Å². The second-order valence-corrected chi connectivity index (χ2v) is 10.3. The number of halogens is 3. The van der Waals surface area contributed by atoms with Crippen LogP contribution in [0.25, 0.3) is 10.2 Å². The zero-order valence-electron chi connectivity index (χ0n) is 18.3. The van der Waals surface area contributed by atoms with Crippen molar-refractivity contribution in [3.8, 4) is 0 Å². The summed E-state index contributed by atoms with van der Waals surface area (Å²) in [6, 6.07) is 6.10. The van der Waals surface area contributed by atoms with Gasteiger partial charge in [-0.05, 0) is 56.9 Å². The van der Waals surface area contributed by atoms with Crippen molar-refractivity contribution in [3.63, 3.8) is 0 Å². The summed E-state index contributed by atoms with van der Waals surface area (Å²) in [4.78, 5) is 4.88. The molecule has 0 atom stereocenters. The van der Waals surface area contributed by atoms with Crippen LogP contribution in [0.1, 0.15) is 74.3 Å². The molecule has 2 aromatic heterocycles. The average molecular weight is 465 g/mol. The first-order chi connectivity index (χ1) is 15.0. The van der Waals surface area contributed by atoms with Gasteiger partial charge in [-0.15, -0.1) is 16.4 Å². The van der Waals surface area contributed by atoms with Gasteiger partial charge in [-0.1, -0.05) is 19.8 Å². The van der Waals surface area contributed by atoms with E-state index in [1.54, 1.807) is 25.2 Å². The first-order valence-corrected chi connectivity index (χ1v) is 11.6. The summed E-state index contributed by atoms with van der Waals surface area (Å²) >= 11 is 1.68. The molecule has 32 heavy (non-hydrogen) atoms. The highest BCUT2D eigenvalue weighted by atomic mass is 32.1. The number of hydrogen-bond acceptors (Lipinski definition) is 6. The van der Waals surface area contributed by atoms with Gasteiger partial charge in [0, 0.05) is 17.2 Å². The molecule has 172 valence electrons. The summed E-state index contributed by atoms with van der Waals surface area (Å²) in [5, 5.41) is 22.0. The number of alkyl halides is 3. The van der Waals surface area contributed by atoms with E-state index in [1.165, 1.54) is 18.9 Å². The van der Waals surface area contributed by atoms with E-state index in [1.807, 2.05) is 12.1 Å². The van der Waals surface area contributed by atoms with E-state index in [2.05, 4.69) is 22.4 Å². The average Bonchev–Trinajstić information content (AvgIpc) is 3.14. The third-order valence-electron chi connectivity index (χ3n) is 6.04. The van der Waals surface area contributed by atoms with Crippen molar-refractivity contribution < 1.29 is 18.3 Å². The van der Waals surface area contributed by atoms with Gasteiger partial charge in [-0.2, -0.15) is 18.3 Å². The molecule has 0 saturated heterocycles. The summed E-state index contributed by atoms with van der Waals surface area (Å²) in [5.41, 5.74) is 0.487. The molecule has 1 aliphatic rings. The van der Waals surface area contributed by atoms with Crippen molar-refractivity contribution in [2.45, 2.75) is 70.7 Å². The van der Waals surface area contributed by atoms with Gasteiger partial charge in [0.1, 0.15) is 0 Å². The van der Waals surface area contributed by atoms with E-state index in [0.29, 0.717) is 22.9 Å². The molecule has 5 nitrogen and oxygen atoms in total. The van der Waals surface area contributed by atoms with Gasteiger partial charge < -0.3 is 10.4 Å². The monoisotopic (exact) mass is 464 g/mol. The maximum atomic E-state index is 12.7. The zero-order chi connectivity index (χ0) is 23.1. The van der Waals surface area contributed by atoms with Gasteiger partial charge in [0.25, 0.3) is 0 Å². The molecule has 0 unspecified atom stereocenters. The largest absolute Gasteiger partial charge is 0.435 e. The number of aromatic nitrogens is 3. The summed E-state index contributed by atoms with van der Waals surface area (Å²) in [5.74, 6) is 1.25. The van der Waals surface area contributed by atoms with Gasteiger partial charge in [0.05, 0.1) is 33.1 Å². The highest BCUT2D eigenvalue weighted by molar-refractivity contribution is 7.18. The van der Waals surface area contributed by atoms with Crippen molar-refractivity contribution in [2.75, 3.05) is 5.32 Å². The van der Waals surface area contributed by atoms with Crippen molar-refractivity contribution >= 4 is 27.2 Å². The second kappa shape index (κ2) is 8.59. The summed E-state index contributed by atoms with van der Waals surface area (Å²) in [7, 11) is 0. The van der Waals surface area contributed by atoms with Crippen LogP contribution in [0.2, 0.25) is 0 Å². The van der Waals surface area contributed by atoms with E-state index in [4.69, 9.17) is 4.98 Å². The molecule has 4 rings (SSSR count). The summed E-state index contributed by atoms with van der Waals surface area (Å²) < 4.78 is 39.1. The van der Waals surface area contributed by atoms with Crippen LogP contribution < -0.4 is 5.32 Å². The van der Waals surface area contributed by atoms with Crippen LogP contribution in [-0.4, -0.2) is 20.3 Å². The molecular weight excluding hydrogens is 437 g/mol. The molecule has 0 amide bonds. The molecule has 1 aromatic carbocycles. The first kappa shape index (κ1) is 22.9. The van der Waals surface area contributed by atoms with E-state index in [0.717, 1.165) is 40.1 Å². The number of fused-ring (bicyclic) bond motifs is 1. The van der Waals surface area contributed by atoms with E-state index in [-0.39, 0.29) is 6.54 Å². The highest BCUT2D eigenvalue weighted by Gasteiger charge is 2.33. The Morgan fingerprint density at radius 2 is 1.81 bits per heavy atom. The Balaban J connectivity index is 1.59. The fourth-order valence-corrected chi connectivity index (χ4v) is 5.27. The maximum absolute atomic E-state index is 12.7. The molecule has 0 aliphatic heterocycles. The molecule has 2 N–H and O–H groups in total. The molecule has 1 saturated carbocycles. The lowest BCUT2D eigenvalue weighted by atomic mass is 9.83. The normalized spacial score (nSPS) is 20.0. The second-order valence-electron chi connectivity index (χ2n) is 9.19. The first-order valence-electron chi connectivity index (χ1n) is 10.8. The Hall–Kier alpha value is -2.26. The number of aliphatic hydroxyl groups is 1. The molecule has 0 bridgehead atoms. The molecule has 1 aliphatic carbocycles. The van der Waals surface area contributed by atoms with Crippen LogP contribution >= 0.6 is 11.3 Å². The lowest BCUT2D eigenvalue weighted by Crippen LogP contribution is -2.18. The number of rotatable bonds is 5. The summed E-state index contributed by atoms with van der Waals surface area (Å²) in [6.45, 7) is 5.88. The number of thiazole rings is 1. The lowest BCUT2D eigenvalue weighted by Gasteiger charge is -2.24. The summed E-state index contributed by atoms with van der Waals surface area (Å²) in [6.07, 6.45) is 0.222. The van der Waals surface area contributed by atoms with Crippen molar-refractivity contribution in [1.82, 2.24) is 15.2 Å². The quantitative estimate of drug-likeness (QED) is 0.468. The molecular formula is C23H27F3N4OS. The van der Waals surface area contributed by atoms with E-state index >= 15 is 0 Å². The van der Waals surface area contributed by atoms with Crippen molar-refractivity contribution in [1.29, 1.82) is 0 Å². The van der Waals surface area contributed by atoms with Gasteiger partial charge in [0.2, 0.25) is 0 Å². The fourth-order valence-electron chi connectivity index (χ4n) is 4.12. The van der Waals surface area contributed by atoms with Crippen LogP contribution in [0.3, 0.4) is 0 Å². The van der Waals surface area contributed by atoms with Gasteiger partial charge in [0.15, 0.2) is 5.69 Å². The Morgan fingerprint density at radius 1 is 1.09 bits per heavy atom. The highest BCUT2D eigenvalue weighted by Crippen LogP contribution is 2.41. The lowest BCUT2D eigenvalue weighted by molar-refractivity contribution is -0.141. The topological polar surface area (TPSA) is 70.9 Å². The van der Waals surface area contributed by atoms with Crippen LogP contribution in [0.15, 0.2) is 24.3 Å². The molecule has 0 radical (unpaired) electrons. The van der Waals surface area contributed by atoms with E-state index < -0.39 is 17.5 Å². The van der Waals surface area contributed by atoms with Gasteiger partial charge in [-0.25, -0.2) is 4.98 Å². The Labute approximate surface area is 189 Å². The predicted molar refractivity (Wildman–Crippen MR) is 120 cm³/mol. The minimum atomic E-state index is -4.52. The molecule has 9 heteroatoms.